The van der Waals surface area contributed by atoms with E-state index in [2.05, 4.69) is 5.32 Å². The molecule has 2 rings (SSSR count). The van der Waals surface area contributed by atoms with Gasteiger partial charge < -0.3 is 15.2 Å². The molecular formula is C12H10N3O7-. The van der Waals surface area contributed by atoms with Crippen LogP contribution in [-0.4, -0.2) is 21.7 Å². The molecule has 0 atom stereocenters. The Hall–Kier alpha value is -3.04. The number of anilines is 1. The number of carbonyl (C=O) groups excluding carboxylic acids is 2. The molecule has 10 heteroatoms. The van der Waals surface area contributed by atoms with Gasteiger partial charge in [0.2, 0.25) is 5.91 Å². The molecule has 1 amide bonds. The highest BCUT2D eigenvalue weighted by Crippen LogP contribution is 2.41. The third-order valence-electron chi connectivity index (χ3n) is 3.31. The number of fused-ring (bicyclic) bond motifs is 1. The fourth-order valence-electron chi connectivity index (χ4n) is 2.37. The smallest absolute Gasteiger partial charge is 0.303 e. The van der Waals surface area contributed by atoms with Crippen LogP contribution in [-0.2, 0) is 22.4 Å². The van der Waals surface area contributed by atoms with Gasteiger partial charge in [-0.05, 0) is 24.8 Å². The summed E-state index contributed by atoms with van der Waals surface area (Å²) in [6.45, 7) is 0. The molecule has 116 valence electrons. The zero-order chi connectivity index (χ0) is 16.4. The number of carboxylic acid groups (broad SMARTS) is 1. The molecule has 1 aromatic carbocycles. The highest BCUT2D eigenvalue weighted by Gasteiger charge is 2.34. The highest BCUT2D eigenvalue weighted by molar-refractivity contribution is 5.97. The van der Waals surface area contributed by atoms with Crippen LogP contribution in [0.15, 0.2) is 6.07 Å². The van der Waals surface area contributed by atoms with Crippen molar-refractivity contribution in [3.8, 4) is 0 Å². The van der Waals surface area contributed by atoms with Crippen LogP contribution in [0.25, 0.3) is 0 Å². The van der Waals surface area contributed by atoms with Crippen LogP contribution in [0.4, 0.5) is 17.1 Å². The summed E-state index contributed by atoms with van der Waals surface area (Å²) in [6, 6.07) is 1.15. The number of nitro groups is 2. The largest absolute Gasteiger partial charge is 0.550 e. The number of carbonyl (C=O) groups is 2. The minimum Gasteiger partial charge on any atom is -0.550 e. The first kappa shape index (κ1) is 15.4. The van der Waals surface area contributed by atoms with Gasteiger partial charge in [-0.3, -0.25) is 25.0 Å². The van der Waals surface area contributed by atoms with E-state index in [1.165, 1.54) is 0 Å². The van der Waals surface area contributed by atoms with Crippen molar-refractivity contribution in [3.63, 3.8) is 0 Å². The summed E-state index contributed by atoms with van der Waals surface area (Å²) >= 11 is 0. The lowest BCUT2D eigenvalue weighted by Gasteiger charge is -2.18. The standard InChI is InChI=1S/C12H11N3O7/c16-9-3-1-6-5-8(14(19)20)7(2-4-10(17)18)12(15(21)22)11(6)13-9/h5H,1-4H2,(H,13,16)(H,17,18)/p-1. The van der Waals surface area contributed by atoms with Gasteiger partial charge in [0, 0.05) is 18.5 Å². The number of hydrogen-bond acceptors (Lipinski definition) is 7. The van der Waals surface area contributed by atoms with Gasteiger partial charge in [-0.15, -0.1) is 0 Å². The zero-order valence-electron chi connectivity index (χ0n) is 11.2. The summed E-state index contributed by atoms with van der Waals surface area (Å²) in [4.78, 5) is 42.8. The fourth-order valence-corrected chi connectivity index (χ4v) is 2.37. The number of carboxylic acids is 1. The molecule has 1 aliphatic heterocycles. The Morgan fingerprint density at radius 3 is 2.45 bits per heavy atom. The average Bonchev–Trinajstić information content (AvgIpc) is 2.42. The van der Waals surface area contributed by atoms with Crippen LogP contribution in [0.5, 0.6) is 0 Å². The van der Waals surface area contributed by atoms with Crippen molar-refractivity contribution >= 4 is 28.9 Å². The molecule has 0 saturated heterocycles. The summed E-state index contributed by atoms with van der Waals surface area (Å²) in [6.07, 6.45) is -0.824. The minimum absolute atomic E-state index is 0.0691. The lowest BCUT2D eigenvalue weighted by atomic mass is 9.95. The number of nitro benzene ring substituents is 2. The van der Waals surface area contributed by atoms with Gasteiger partial charge in [0.1, 0.15) is 11.3 Å². The van der Waals surface area contributed by atoms with E-state index in [4.69, 9.17) is 0 Å². The molecule has 10 nitrogen and oxygen atoms in total. The molecule has 1 aliphatic rings. The van der Waals surface area contributed by atoms with Crippen LogP contribution in [0, 0.1) is 20.2 Å². The summed E-state index contributed by atoms with van der Waals surface area (Å²) < 4.78 is 0. The summed E-state index contributed by atoms with van der Waals surface area (Å²) in [5.74, 6) is -1.92. The molecule has 0 fully saturated rings. The second-order valence-electron chi connectivity index (χ2n) is 4.69. The Balaban J connectivity index is 2.68. The third kappa shape index (κ3) is 2.85. The number of aryl methyl sites for hydroxylation is 1. The maximum Gasteiger partial charge on any atom is 0.303 e. The first-order valence-corrected chi connectivity index (χ1v) is 6.28. The number of benzene rings is 1. The van der Waals surface area contributed by atoms with E-state index in [0.29, 0.717) is 0 Å². The Labute approximate surface area is 123 Å². The first-order chi connectivity index (χ1) is 10.3. The van der Waals surface area contributed by atoms with E-state index in [0.717, 1.165) is 6.07 Å². The van der Waals surface area contributed by atoms with Crippen molar-refractivity contribution in [2.75, 3.05) is 5.32 Å². The zero-order valence-corrected chi connectivity index (χ0v) is 11.2. The predicted octanol–water partition coefficient (Wildman–Crippen LogP) is 0.0702. The van der Waals surface area contributed by atoms with Crippen molar-refractivity contribution in [2.24, 2.45) is 0 Å². The molecule has 0 spiro atoms. The van der Waals surface area contributed by atoms with Crippen molar-refractivity contribution in [1.82, 2.24) is 0 Å². The molecule has 0 aromatic heterocycles. The van der Waals surface area contributed by atoms with Gasteiger partial charge in [-0.25, -0.2) is 0 Å². The molecule has 0 bridgehead atoms. The first-order valence-electron chi connectivity index (χ1n) is 6.28. The number of nitrogens with one attached hydrogen (secondary N) is 1. The Bertz CT molecular complexity index is 698. The molecule has 0 radical (unpaired) electrons. The van der Waals surface area contributed by atoms with Crippen LogP contribution in [0.2, 0.25) is 0 Å². The second-order valence-corrected chi connectivity index (χ2v) is 4.69. The second kappa shape index (κ2) is 5.76. The normalized spacial score (nSPS) is 13.2. The Kier molecular flexibility index (Phi) is 4.02. The predicted molar refractivity (Wildman–Crippen MR) is 70.0 cm³/mol. The van der Waals surface area contributed by atoms with E-state index in [1.807, 2.05) is 0 Å². The van der Waals surface area contributed by atoms with Gasteiger partial charge in [0.05, 0.1) is 9.85 Å². The molecular weight excluding hydrogens is 298 g/mol. The maximum atomic E-state index is 11.4. The SMILES string of the molecule is O=C([O-])CCc1c([N+](=O)[O-])cc2c(c1[N+](=O)[O-])NC(=O)CC2. The Morgan fingerprint density at radius 2 is 1.91 bits per heavy atom. The van der Waals surface area contributed by atoms with Crippen LogP contribution in [0.1, 0.15) is 24.0 Å². The molecule has 1 aromatic rings. The molecule has 1 N–H and O–H groups in total. The molecule has 1 heterocycles. The van der Waals surface area contributed by atoms with E-state index in [9.17, 15) is 34.9 Å². The quantitative estimate of drug-likeness (QED) is 0.595. The lowest BCUT2D eigenvalue weighted by molar-refractivity contribution is -0.395. The summed E-state index contributed by atoms with van der Waals surface area (Å²) in [5, 5.41) is 35.3. The molecule has 0 aliphatic carbocycles. The van der Waals surface area contributed by atoms with E-state index >= 15 is 0 Å². The van der Waals surface area contributed by atoms with Gasteiger partial charge in [-0.2, -0.15) is 0 Å². The monoisotopic (exact) mass is 308 g/mol. The molecule has 22 heavy (non-hydrogen) atoms. The van der Waals surface area contributed by atoms with Gasteiger partial charge in [0.15, 0.2) is 0 Å². The fraction of sp³-hybridized carbons (Fsp3) is 0.333. The van der Waals surface area contributed by atoms with Crippen molar-refractivity contribution in [2.45, 2.75) is 25.7 Å². The van der Waals surface area contributed by atoms with Crippen molar-refractivity contribution in [3.05, 3.63) is 37.4 Å². The number of hydrogen-bond donors (Lipinski definition) is 1. The summed E-state index contributed by atoms with van der Waals surface area (Å²) in [7, 11) is 0. The lowest BCUT2D eigenvalue weighted by Crippen LogP contribution is -2.24. The topological polar surface area (TPSA) is 156 Å². The van der Waals surface area contributed by atoms with Crippen molar-refractivity contribution in [1.29, 1.82) is 0 Å². The number of amides is 1. The number of nitrogens with zero attached hydrogens (tertiary/aromatic N) is 2. The van der Waals surface area contributed by atoms with Crippen LogP contribution in [0.3, 0.4) is 0 Å². The van der Waals surface area contributed by atoms with E-state index in [-0.39, 0.29) is 29.7 Å². The maximum absolute atomic E-state index is 11.4. The minimum atomic E-state index is -1.48. The van der Waals surface area contributed by atoms with Crippen molar-refractivity contribution < 1.29 is 24.5 Å². The van der Waals surface area contributed by atoms with E-state index < -0.39 is 45.9 Å². The van der Waals surface area contributed by atoms with Gasteiger partial charge >= 0.3 is 5.69 Å². The molecule has 0 saturated carbocycles. The number of aliphatic carboxylic acids is 1. The number of rotatable bonds is 5. The molecule has 0 unspecified atom stereocenters. The van der Waals surface area contributed by atoms with Gasteiger partial charge in [0.25, 0.3) is 5.69 Å². The van der Waals surface area contributed by atoms with Gasteiger partial charge in [-0.1, -0.05) is 0 Å². The highest BCUT2D eigenvalue weighted by atomic mass is 16.6. The third-order valence-corrected chi connectivity index (χ3v) is 3.31. The van der Waals surface area contributed by atoms with Crippen LogP contribution >= 0.6 is 0 Å². The average molecular weight is 308 g/mol. The summed E-state index contributed by atoms with van der Waals surface area (Å²) in [5.41, 5.74) is -1.29. The van der Waals surface area contributed by atoms with Crippen LogP contribution < -0.4 is 10.4 Å². The van der Waals surface area contributed by atoms with E-state index in [1.54, 1.807) is 0 Å². The Morgan fingerprint density at radius 1 is 1.23 bits per heavy atom.